The van der Waals surface area contributed by atoms with E-state index in [0.717, 1.165) is 23.1 Å². The Morgan fingerprint density at radius 3 is 2.35 bits per heavy atom. The molecule has 0 spiro atoms. The van der Waals surface area contributed by atoms with Crippen molar-refractivity contribution in [3.63, 3.8) is 0 Å². The second-order valence-electron chi connectivity index (χ2n) is 13.4. The van der Waals surface area contributed by atoms with Crippen LogP contribution in [-0.4, -0.2) is 37.0 Å². The lowest BCUT2D eigenvalue weighted by atomic mass is 10.0. The second-order valence-corrected chi connectivity index (χ2v) is 18.2. The maximum absolute atomic E-state index is 12.5. The molecule has 0 saturated carbocycles. The van der Waals surface area contributed by atoms with Crippen molar-refractivity contribution < 1.29 is 19.4 Å². The summed E-state index contributed by atoms with van der Waals surface area (Å²) >= 11 is 0. The number of aryl methyl sites for hydroxylation is 3. The zero-order valence-electron chi connectivity index (χ0n) is 27.4. The molecule has 1 amide bonds. The molecule has 3 aromatic rings. The van der Waals surface area contributed by atoms with E-state index in [1.54, 1.807) is 6.07 Å². The van der Waals surface area contributed by atoms with Crippen LogP contribution in [0.2, 0.25) is 18.1 Å². The minimum atomic E-state index is -2.09. The Morgan fingerprint density at radius 1 is 0.953 bits per heavy atom. The van der Waals surface area contributed by atoms with Crippen LogP contribution in [0.3, 0.4) is 0 Å². The highest BCUT2D eigenvalue weighted by atomic mass is 28.4. The van der Waals surface area contributed by atoms with Gasteiger partial charge in [-0.2, -0.15) is 0 Å². The predicted molar refractivity (Wildman–Crippen MR) is 179 cm³/mol. The number of aliphatic hydroxyl groups excluding tert-OH is 1. The molecule has 3 rings (SSSR count). The largest absolute Gasteiger partial charge is 0.508 e. The number of rotatable bonds is 14. The molecule has 0 saturated heterocycles. The molecule has 0 aliphatic rings. The molecule has 4 N–H and O–H groups in total. The molecule has 7 heteroatoms. The predicted octanol–water partition coefficient (Wildman–Crippen LogP) is 7.03. The first-order chi connectivity index (χ1) is 20.2. The second kappa shape index (κ2) is 15.2. The van der Waals surface area contributed by atoms with Gasteiger partial charge < -0.3 is 25.3 Å². The van der Waals surface area contributed by atoms with Crippen LogP contribution in [0, 0.1) is 13.8 Å². The molecule has 0 unspecified atom stereocenters. The van der Waals surface area contributed by atoms with Gasteiger partial charge in [-0.05, 0) is 97.3 Å². The van der Waals surface area contributed by atoms with Crippen molar-refractivity contribution in [1.29, 1.82) is 0 Å². The van der Waals surface area contributed by atoms with Crippen LogP contribution in [0.15, 0.2) is 60.7 Å². The summed E-state index contributed by atoms with van der Waals surface area (Å²) in [6.45, 7) is 18.5. The average molecular weight is 605 g/mol. The van der Waals surface area contributed by atoms with Crippen LogP contribution in [0.1, 0.15) is 79.2 Å². The van der Waals surface area contributed by atoms with Crippen LogP contribution >= 0.6 is 0 Å². The average Bonchev–Trinajstić information content (AvgIpc) is 2.94. The zero-order chi connectivity index (χ0) is 31.8. The van der Waals surface area contributed by atoms with E-state index in [2.05, 4.69) is 108 Å². The topological polar surface area (TPSA) is 90.8 Å². The third-order valence-electron chi connectivity index (χ3n) is 8.78. The minimum Gasteiger partial charge on any atom is -0.508 e. The number of nitrogens with one attached hydrogen (secondary N) is 2. The molecule has 3 aromatic carbocycles. The van der Waals surface area contributed by atoms with Crippen molar-refractivity contribution in [2.45, 2.75) is 104 Å². The van der Waals surface area contributed by atoms with E-state index in [1.807, 2.05) is 12.1 Å². The number of hydrogen-bond donors (Lipinski definition) is 4. The van der Waals surface area contributed by atoms with Crippen LogP contribution in [-0.2, 0) is 35.2 Å². The molecule has 2 atom stereocenters. The van der Waals surface area contributed by atoms with E-state index in [0.29, 0.717) is 31.5 Å². The zero-order valence-corrected chi connectivity index (χ0v) is 28.4. The van der Waals surface area contributed by atoms with Gasteiger partial charge in [0.25, 0.3) is 0 Å². The van der Waals surface area contributed by atoms with Gasteiger partial charge in [0.05, 0.1) is 12.7 Å². The molecule has 43 heavy (non-hydrogen) atoms. The maximum atomic E-state index is 12.5. The van der Waals surface area contributed by atoms with E-state index >= 15 is 0 Å². The van der Waals surface area contributed by atoms with Gasteiger partial charge in [-0.3, -0.25) is 4.79 Å². The first kappa shape index (κ1) is 34.5. The Kier molecular flexibility index (Phi) is 12.2. The van der Waals surface area contributed by atoms with E-state index in [4.69, 9.17) is 4.43 Å². The van der Waals surface area contributed by atoms with Gasteiger partial charge in [-0.15, -0.1) is 0 Å². The Hall–Kier alpha value is -2.97. The van der Waals surface area contributed by atoms with Gasteiger partial charge in [0.2, 0.25) is 5.91 Å². The van der Waals surface area contributed by atoms with Gasteiger partial charge in [0.1, 0.15) is 5.75 Å². The minimum absolute atomic E-state index is 0.0463. The number of phenols is 1. The van der Waals surface area contributed by atoms with Crippen molar-refractivity contribution in [3.05, 3.63) is 99.6 Å². The Bertz CT molecular complexity index is 1370. The summed E-state index contributed by atoms with van der Waals surface area (Å²) in [4.78, 5) is 12.5. The lowest BCUT2D eigenvalue weighted by molar-refractivity contribution is -0.121. The molecule has 6 nitrogen and oxygen atoms in total. The summed E-state index contributed by atoms with van der Waals surface area (Å²) in [6.07, 6.45) is 1.79. The van der Waals surface area contributed by atoms with Crippen LogP contribution in [0.25, 0.3) is 0 Å². The molecule has 0 fully saturated rings. The molecule has 0 radical (unpaired) electrons. The lowest BCUT2D eigenvalue weighted by Gasteiger charge is -2.40. The number of carbonyl (C=O) groups is 1. The standard InChI is InChI=1S/C36H52N2O4Si/c1-25-12-13-30(18-26(25)2)22-38-35(41)17-14-28-10-9-11-29(20-28)19-27(3)37-23-34(42-43(7,8)36(4,5)6)31-15-16-33(40)32(21-31)24-39/h9-13,15-16,18,20-21,27,34,37,39-40H,14,17,19,22-24H2,1-8H3,(H,38,41)/t27-,34-/m1/s1. The number of hydrogen-bond acceptors (Lipinski definition) is 5. The van der Waals surface area contributed by atoms with Gasteiger partial charge in [-0.1, -0.05) is 69.3 Å². The summed E-state index contributed by atoms with van der Waals surface area (Å²) in [5, 5.41) is 26.6. The van der Waals surface area contributed by atoms with Gasteiger partial charge in [0.15, 0.2) is 8.32 Å². The van der Waals surface area contributed by atoms with E-state index < -0.39 is 8.32 Å². The first-order valence-electron chi connectivity index (χ1n) is 15.4. The fourth-order valence-corrected chi connectivity index (χ4v) is 6.08. The fraction of sp³-hybridized carbons (Fsp3) is 0.472. The monoisotopic (exact) mass is 604 g/mol. The number of aromatic hydroxyl groups is 1. The molecule has 0 aromatic heterocycles. The van der Waals surface area contributed by atoms with Crippen molar-refractivity contribution in [3.8, 4) is 5.75 Å². The number of benzene rings is 3. The molecule has 0 aliphatic carbocycles. The Balaban J connectivity index is 1.58. The van der Waals surface area contributed by atoms with Crippen molar-refractivity contribution in [2.75, 3.05) is 6.54 Å². The van der Waals surface area contributed by atoms with Crippen molar-refractivity contribution in [1.82, 2.24) is 10.6 Å². The quantitative estimate of drug-likeness (QED) is 0.148. The molecule has 0 bridgehead atoms. The Morgan fingerprint density at radius 2 is 1.67 bits per heavy atom. The highest BCUT2D eigenvalue weighted by Crippen LogP contribution is 2.40. The number of carbonyl (C=O) groups excluding carboxylic acids is 1. The molecule has 0 aliphatic heterocycles. The van der Waals surface area contributed by atoms with Crippen molar-refractivity contribution in [2.24, 2.45) is 0 Å². The van der Waals surface area contributed by atoms with E-state index in [9.17, 15) is 15.0 Å². The van der Waals surface area contributed by atoms with E-state index in [1.165, 1.54) is 16.7 Å². The molecule has 234 valence electrons. The molecular weight excluding hydrogens is 552 g/mol. The van der Waals surface area contributed by atoms with E-state index in [-0.39, 0.29) is 35.4 Å². The summed E-state index contributed by atoms with van der Waals surface area (Å²) in [7, 11) is -2.09. The normalized spacial score (nSPS) is 13.5. The SMILES string of the molecule is Cc1ccc(CNC(=O)CCc2cccc(C[C@@H](C)NC[C@@H](O[Si](C)(C)C(C)(C)C)c3ccc(O)c(CO)c3)c2)cc1C. The molecular formula is C36H52N2O4Si. The van der Waals surface area contributed by atoms with Crippen LogP contribution < -0.4 is 10.6 Å². The third-order valence-corrected chi connectivity index (χ3v) is 13.3. The summed E-state index contributed by atoms with van der Waals surface area (Å²) in [5.74, 6) is 0.155. The fourth-order valence-electron chi connectivity index (χ4n) is 4.80. The number of aliphatic hydroxyl groups is 1. The van der Waals surface area contributed by atoms with Crippen LogP contribution in [0.5, 0.6) is 5.75 Å². The van der Waals surface area contributed by atoms with Gasteiger partial charge in [-0.25, -0.2) is 0 Å². The summed E-state index contributed by atoms with van der Waals surface area (Å²) < 4.78 is 6.84. The number of amides is 1. The highest BCUT2D eigenvalue weighted by Gasteiger charge is 2.39. The first-order valence-corrected chi connectivity index (χ1v) is 18.3. The van der Waals surface area contributed by atoms with Crippen LogP contribution in [0.4, 0.5) is 0 Å². The van der Waals surface area contributed by atoms with Gasteiger partial charge >= 0.3 is 0 Å². The van der Waals surface area contributed by atoms with Crippen molar-refractivity contribution >= 4 is 14.2 Å². The highest BCUT2D eigenvalue weighted by molar-refractivity contribution is 6.74. The van der Waals surface area contributed by atoms with Gasteiger partial charge in [0, 0.05) is 31.1 Å². The summed E-state index contributed by atoms with van der Waals surface area (Å²) in [5.41, 5.74) is 7.45. The summed E-state index contributed by atoms with van der Waals surface area (Å²) in [6, 6.07) is 20.4. The third kappa shape index (κ3) is 10.3. The smallest absolute Gasteiger partial charge is 0.220 e. The Labute approximate surface area is 260 Å². The molecule has 0 heterocycles. The maximum Gasteiger partial charge on any atom is 0.220 e. The lowest BCUT2D eigenvalue weighted by Crippen LogP contribution is -2.44.